The van der Waals surface area contributed by atoms with Crippen LogP contribution in [0.25, 0.3) is 0 Å². The van der Waals surface area contributed by atoms with Crippen molar-refractivity contribution < 1.29 is 9.53 Å². The summed E-state index contributed by atoms with van der Waals surface area (Å²) in [5, 5.41) is 0. The molecule has 0 heterocycles. The van der Waals surface area contributed by atoms with E-state index in [1.165, 1.54) is 29.5 Å². The molecule has 0 radical (unpaired) electrons. The Kier molecular flexibility index (Phi) is 4.52. The van der Waals surface area contributed by atoms with Crippen LogP contribution in [0.1, 0.15) is 69.1 Å². The normalized spacial score (nSPS) is 19.1. The third-order valence-corrected chi connectivity index (χ3v) is 3.82. The van der Waals surface area contributed by atoms with Gasteiger partial charge in [0, 0.05) is 0 Å². The minimum atomic E-state index is -0.391. The predicted molar refractivity (Wildman–Crippen MR) is 81.9 cm³/mol. The van der Waals surface area contributed by atoms with Crippen LogP contribution in [0.5, 0.6) is 0 Å². The monoisotopic (exact) mass is 274 g/mol. The summed E-state index contributed by atoms with van der Waals surface area (Å²) >= 11 is 0. The fourth-order valence-corrected chi connectivity index (χ4v) is 3.01. The van der Waals surface area contributed by atoms with Crippen molar-refractivity contribution in [2.75, 3.05) is 0 Å². The summed E-state index contributed by atoms with van der Waals surface area (Å²) in [4.78, 5) is 12.1. The molecule has 0 bridgehead atoms. The Morgan fingerprint density at radius 2 is 2.05 bits per heavy atom. The molecule has 2 heteroatoms. The average Bonchev–Trinajstić information content (AvgIpc) is 2.49. The van der Waals surface area contributed by atoms with E-state index in [4.69, 9.17) is 4.74 Å². The van der Waals surface area contributed by atoms with Crippen LogP contribution in [0.15, 0.2) is 18.2 Å². The molecule has 1 aliphatic rings. The van der Waals surface area contributed by atoms with E-state index in [0.717, 1.165) is 12.8 Å². The highest BCUT2D eigenvalue weighted by molar-refractivity contribution is 5.71. The topological polar surface area (TPSA) is 26.3 Å². The minimum Gasteiger partial charge on any atom is -0.460 e. The van der Waals surface area contributed by atoms with Crippen LogP contribution in [0.4, 0.5) is 0 Å². The number of hydrogen-bond acceptors (Lipinski definition) is 2. The first kappa shape index (κ1) is 15.1. The van der Waals surface area contributed by atoms with Gasteiger partial charge in [-0.3, -0.25) is 4.79 Å². The fourth-order valence-electron chi connectivity index (χ4n) is 3.01. The minimum absolute atomic E-state index is 0.0732. The Morgan fingerprint density at radius 3 is 2.75 bits per heavy atom. The Labute approximate surface area is 122 Å². The van der Waals surface area contributed by atoms with E-state index in [0.29, 0.717) is 12.3 Å². The van der Waals surface area contributed by atoms with Crippen molar-refractivity contribution in [1.82, 2.24) is 0 Å². The highest BCUT2D eigenvalue weighted by atomic mass is 16.6. The molecule has 1 aliphatic carbocycles. The molecule has 20 heavy (non-hydrogen) atoms. The summed E-state index contributed by atoms with van der Waals surface area (Å²) in [6, 6.07) is 6.65. The lowest BCUT2D eigenvalue weighted by Gasteiger charge is -2.22. The average molecular weight is 274 g/mol. The summed E-state index contributed by atoms with van der Waals surface area (Å²) < 4.78 is 5.48. The molecule has 0 aliphatic heterocycles. The maximum atomic E-state index is 12.1. The maximum Gasteiger partial charge on any atom is 0.306 e. The van der Waals surface area contributed by atoms with E-state index < -0.39 is 5.60 Å². The molecule has 1 atom stereocenters. The Balaban J connectivity index is 2.14. The zero-order chi connectivity index (χ0) is 14.8. The number of aryl methyl sites for hydroxylation is 2. The number of carbonyl (C=O) groups excluding carboxylic acids is 1. The van der Waals surface area contributed by atoms with E-state index in [1.807, 2.05) is 20.8 Å². The van der Waals surface area contributed by atoms with E-state index in [2.05, 4.69) is 25.1 Å². The number of ether oxygens (including phenoxy) is 1. The molecule has 2 rings (SSSR count). The van der Waals surface area contributed by atoms with Gasteiger partial charge in [-0.25, -0.2) is 0 Å². The van der Waals surface area contributed by atoms with Gasteiger partial charge in [0.25, 0.3) is 0 Å². The molecule has 0 unspecified atom stereocenters. The molecule has 0 saturated heterocycles. The summed E-state index contributed by atoms with van der Waals surface area (Å²) in [6.45, 7) is 7.91. The second kappa shape index (κ2) is 5.99. The maximum absolute atomic E-state index is 12.1. The number of hydrogen-bond donors (Lipinski definition) is 0. The number of carbonyl (C=O) groups is 1. The summed E-state index contributed by atoms with van der Waals surface area (Å²) in [7, 11) is 0. The van der Waals surface area contributed by atoms with Crippen LogP contribution in [0.2, 0.25) is 0 Å². The summed E-state index contributed by atoms with van der Waals surface area (Å²) in [5.74, 6) is 0.249. The number of fused-ring (bicyclic) bond motifs is 1. The van der Waals surface area contributed by atoms with Crippen LogP contribution >= 0.6 is 0 Å². The van der Waals surface area contributed by atoms with Crippen LogP contribution in [0, 0.1) is 6.92 Å². The van der Waals surface area contributed by atoms with Gasteiger partial charge < -0.3 is 4.74 Å². The zero-order valence-corrected chi connectivity index (χ0v) is 13.2. The van der Waals surface area contributed by atoms with Gasteiger partial charge in [0.05, 0.1) is 6.42 Å². The first-order valence-corrected chi connectivity index (χ1v) is 7.66. The molecular weight excluding hydrogens is 248 g/mol. The van der Waals surface area contributed by atoms with Crippen molar-refractivity contribution in [2.45, 2.75) is 71.3 Å². The van der Waals surface area contributed by atoms with Gasteiger partial charge in [-0.1, -0.05) is 30.2 Å². The predicted octanol–water partition coefficient (Wildman–Crippen LogP) is 4.54. The quantitative estimate of drug-likeness (QED) is 0.584. The molecule has 0 fully saturated rings. The first-order chi connectivity index (χ1) is 9.35. The molecular formula is C18H26O2. The first-order valence-electron chi connectivity index (χ1n) is 7.66. The molecule has 0 saturated carbocycles. The van der Waals surface area contributed by atoms with Crippen molar-refractivity contribution in [2.24, 2.45) is 0 Å². The van der Waals surface area contributed by atoms with Crippen molar-refractivity contribution in [3.05, 3.63) is 34.9 Å². The molecule has 1 aromatic rings. The van der Waals surface area contributed by atoms with E-state index in [9.17, 15) is 4.79 Å². The van der Waals surface area contributed by atoms with E-state index in [-0.39, 0.29) is 5.97 Å². The molecule has 0 aromatic heterocycles. The molecule has 0 N–H and O–H groups in total. The SMILES string of the molecule is Cc1ccc2c(c1)CCCC[C@H]2CC(=O)OC(C)(C)C. The van der Waals surface area contributed by atoms with Crippen LogP contribution in [0.3, 0.4) is 0 Å². The zero-order valence-electron chi connectivity index (χ0n) is 13.2. The lowest BCUT2D eigenvalue weighted by molar-refractivity contribution is -0.155. The van der Waals surface area contributed by atoms with Crippen LogP contribution in [-0.2, 0) is 16.0 Å². The second-order valence-electron chi connectivity index (χ2n) is 6.94. The Hall–Kier alpha value is -1.31. The summed E-state index contributed by atoms with van der Waals surface area (Å²) in [6.07, 6.45) is 5.16. The Morgan fingerprint density at radius 1 is 1.30 bits per heavy atom. The highest BCUT2D eigenvalue weighted by Gasteiger charge is 2.24. The molecule has 1 aromatic carbocycles. The number of benzene rings is 1. The van der Waals surface area contributed by atoms with Gasteiger partial charge in [0.15, 0.2) is 0 Å². The van der Waals surface area contributed by atoms with Gasteiger partial charge in [-0.15, -0.1) is 0 Å². The van der Waals surface area contributed by atoms with Crippen molar-refractivity contribution in [3.8, 4) is 0 Å². The molecule has 0 amide bonds. The van der Waals surface area contributed by atoms with Crippen LogP contribution in [-0.4, -0.2) is 11.6 Å². The second-order valence-corrected chi connectivity index (χ2v) is 6.94. The van der Waals surface area contributed by atoms with Crippen LogP contribution < -0.4 is 0 Å². The van der Waals surface area contributed by atoms with Gasteiger partial charge in [-0.05, 0) is 64.0 Å². The molecule has 2 nitrogen and oxygen atoms in total. The van der Waals surface area contributed by atoms with Crippen molar-refractivity contribution in [1.29, 1.82) is 0 Å². The highest BCUT2D eigenvalue weighted by Crippen LogP contribution is 2.34. The van der Waals surface area contributed by atoms with Gasteiger partial charge >= 0.3 is 5.97 Å². The number of esters is 1. The molecule has 110 valence electrons. The fraction of sp³-hybridized carbons (Fsp3) is 0.611. The van der Waals surface area contributed by atoms with E-state index >= 15 is 0 Å². The largest absolute Gasteiger partial charge is 0.460 e. The lowest BCUT2D eigenvalue weighted by atomic mass is 9.89. The Bertz CT molecular complexity index is 483. The summed E-state index contributed by atoms with van der Waals surface area (Å²) in [5.41, 5.74) is 3.70. The molecule has 0 spiro atoms. The van der Waals surface area contributed by atoms with Crippen molar-refractivity contribution in [3.63, 3.8) is 0 Å². The van der Waals surface area contributed by atoms with Crippen molar-refractivity contribution >= 4 is 5.97 Å². The third kappa shape index (κ3) is 4.09. The lowest BCUT2D eigenvalue weighted by Crippen LogP contribution is -2.25. The van der Waals surface area contributed by atoms with E-state index in [1.54, 1.807) is 0 Å². The smallest absolute Gasteiger partial charge is 0.306 e. The van der Waals surface area contributed by atoms with Gasteiger partial charge in [-0.2, -0.15) is 0 Å². The third-order valence-electron chi connectivity index (χ3n) is 3.82. The van der Waals surface area contributed by atoms with Gasteiger partial charge in [0.2, 0.25) is 0 Å². The standard InChI is InChI=1S/C18H26O2/c1-13-9-10-16-14(11-13)7-5-6-8-15(16)12-17(19)20-18(2,3)4/h9-11,15H,5-8,12H2,1-4H3/t15-/m0/s1. The number of rotatable bonds is 2. The van der Waals surface area contributed by atoms with Gasteiger partial charge in [0.1, 0.15) is 5.60 Å².